The van der Waals surface area contributed by atoms with Gasteiger partial charge in [-0.05, 0) is 55.2 Å². The average Bonchev–Trinajstić information content (AvgIpc) is 3.34. The van der Waals surface area contributed by atoms with Crippen molar-refractivity contribution < 1.29 is 22.7 Å². The van der Waals surface area contributed by atoms with Gasteiger partial charge in [0.2, 0.25) is 15.9 Å². The number of ether oxygens (including phenoxy) is 1. The lowest BCUT2D eigenvalue weighted by atomic mass is 9.81. The maximum absolute atomic E-state index is 14.1. The van der Waals surface area contributed by atoms with Gasteiger partial charge in [0.15, 0.2) is 0 Å². The van der Waals surface area contributed by atoms with E-state index in [2.05, 4.69) is 22.8 Å². The quantitative estimate of drug-likeness (QED) is 0.531. The minimum absolute atomic E-state index is 0.0193. The average molecular weight is 527 g/mol. The number of carbonyl (C=O) groups excluding carboxylic acids is 2. The first-order valence-corrected chi connectivity index (χ1v) is 14.4. The van der Waals surface area contributed by atoms with Crippen LogP contribution in [0.4, 0.5) is 5.69 Å². The molecule has 2 aliphatic heterocycles. The lowest BCUT2D eigenvalue weighted by Crippen LogP contribution is -2.50. The smallest absolute Gasteiger partial charge is 0.251 e. The van der Waals surface area contributed by atoms with E-state index < -0.39 is 10.0 Å². The van der Waals surface area contributed by atoms with Crippen LogP contribution in [0.25, 0.3) is 0 Å². The zero-order valence-electron chi connectivity index (χ0n) is 20.9. The van der Waals surface area contributed by atoms with E-state index in [1.807, 2.05) is 17.0 Å². The Labute approximate surface area is 217 Å². The molecule has 1 saturated carbocycles. The highest BCUT2D eigenvalue weighted by molar-refractivity contribution is 7.89. The number of carbonyl (C=O) groups is 2. The molecule has 2 aromatic rings. The molecule has 5 atom stereocenters. The van der Waals surface area contributed by atoms with Gasteiger partial charge in [0, 0.05) is 36.9 Å². The highest BCUT2D eigenvalue weighted by Gasteiger charge is 2.48. The zero-order chi connectivity index (χ0) is 26.2. The summed E-state index contributed by atoms with van der Waals surface area (Å²) in [5.41, 5.74) is 2.51. The minimum atomic E-state index is -3.83. The first kappa shape index (κ1) is 25.7. The van der Waals surface area contributed by atoms with E-state index in [1.165, 1.54) is 24.3 Å². The number of primary sulfonamides is 1. The monoisotopic (exact) mass is 526 g/mol. The van der Waals surface area contributed by atoms with Crippen LogP contribution >= 0.6 is 0 Å². The number of hydrogen-bond acceptors (Lipinski definition) is 6. The number of rotatable bonds is 6. The second-order valence-corrected chi connectivity index (χ2v) is 11.8. The maximum Gasteiger partial charge on any atom is 0.251 e. The Kier molecular flexibility index (Phi) is 7.24. The van der Waals surface area contributed by atoms with Gasteiger partial charge in [-0.1, -0.05) is 31.0 Å². The minimum Gasteiger partial charge on any atom is -0.383 e. The molecule has 1 aliphatic carbocycles. The fourth-order valence-corrected chi connectivity index (χ4v) is 6.80. The van der Waals surface area contributed by atoms with E-state index in [0.717, 1.165) is 43.4 Å². The predicted molar refractivity (Wildman–Crippen MR) is 139 cm³/mol. The summed E-state index contributed by atoms with van der Waals surface area (Å²) in [7, 11) is -2.13. The van der Waals surface area contributed by atoms with Crippen LogP contribution < -0.4 is 15.8 Å². The van der Waals surface area contributed by atoms with Gasteiger partial charge < -0.3 is 20.3 Å². The van der Waals surface area contributed by atoms with Crippen molar-refractivity contribution in [1.82, 2.24) is 10.2 Å². The van der Waals surface area contributed by atoms with Crippen molar-refractivity contribution in [3.63, 3.8) is 0 Å². The number of methoxy groups -OCH3 is 1. The summed E-state index contributed by atoms with van der Waals surface area (Å²) in [6, 6.07) is 13.5. The van der Waals surface area contributed by atoms with Gasteiger partial charge in [0.1, 0.15) is 0 Å². The van der Waals surface area contributed by atoms with Gasteiger partial charge in [0.05, 0.1) is 29.5 Å². The Balaban J connectivity index is 1.35. The van der Waals surface area contributed by atoms with Crippen LogP contribution in [0, 0.1) is 11.8 Å². The maximum atomic E-state index is 14.1. The second kappa shape index (κ2) is 10.4. The molecule has 5 rings (SSSR count). The predicted octanol–water partition coefficient (Wildman–Crippen LogP) is 2.65. The van der Waals surface area contributed by atoms with E-state index in [4.69, 9.17) is 9.88 Å². The summed E-state index contributed by atoms with van der Waals surface area (Å²) >= 11 is 0. The topological polar surface area (TPSA) is 131 Å². The van der Waals surface area contributed by atoms with E-state index >= 15 is 0 Å². The molecule has 4 N–H and O–H groups in total. The number of likely N-dealkylation sites (tertiary alicyclic amines) is 1. The third-order valence-electron chi connectivity index (χ3n) is 8.06. The van der Waals surface area contributed by atoms with Crippen LogP contribution in [0.15, 0.2) is 53.4 Å². The number of fused-ring (bicyclic) bond motifs is 3. The summed E-state index contributed by atoms with van der Waals surface area (Å²) < 4.78 is 28.6. The number of benzene rings is 2. The number of nitrogens with zero attached hydrogens (tertiary/aromatic N) is 1. The van der Waals surface area contributed by atoms with Crippen molar-refractivity contribution in [1.29, 1.82) is 0 Å². The first-order valence-electron chi connectivity index (χ1n) is 12.9. The van der Waals surface area contributed by atoms with Crippen LogP contribution in [0.2, 0.25) is 0 Å². The molecule has 0 bridgehead atoms. The molecule has 198 valence electrons. The standard InChI is InChI=1S/C27H34N4O5S/c1-36-16-24-20-14-15-31(25(20)19-6-2-4-8-22(19)29-24)27(33)21-7-3-5-9-23(21)30-26(32)17-10-12-18(13-11-17)37(28,34)35/h2,4,6,8,10-13,20-21,23-25,29H,3,5,7,9,14-16H2,1H3,(H,30,32)(H2,28,34,35)/t20-,21-,23+,24-,25-/m0/s1. The molecule has 1 saturated heterocycles. The normalized spacial score (nSPS) is 27.1. The third kappa shape index (κ3) is 5.10. The van der Waals surface area contributed by atoms with Crippen molar-refractivity contribution in [2.45, 2.75) is 55.1 Å². The van der Waals surface area contributed by atoms with Gasteiger partial charge in [-0.25, -0.2) is 13.6 Å². The molecule has 2 fully saturated rings. The number of amides is 2. The lowest BCUT2D eigenvalue weighted by Gasteiger charge is -2.41. The Morgan fingerprint density at radius 1 is 1.08 bits per heavy atom. The van der Waals surface area contributed by atoms with Crippen LogP contribution in [0.3, 0.4) is 0 Å². The highest BCUT2D eigenvalue weighted by atomic mass is 32.2. The van der Waals surface area contributed by atoms with Gasteiger partial charge in [-0.15, -0.1) is 0 Å². The first-order chi connectivity index (χ1) is 17.8. The lowest BCUT2D eigenvalue weighted by molar-refractivity contribution is -0.139. The molecule has 2 heterocycles. The molecule has 3 aliphatic rings. The number of nitrogens with two attached hydrogens (primary N) is 1. The fourth-order valence-electron chi connectivity index (χ4n) is 6.28. The molecule has 37 heavy (non-hydrogen) atoms. The third-order valence-corrected chi connectivity index (χ3v) is 8.99. The number of nitrogens with one attached hydrogen (secondary N) is 2. The molecule has 10 heteroatoms. The zero-order valence-corrected chi connectivity index (χ0v) is 21.7. The molecule has 0 unspecified atom stereocenters. The van der Waals surface area contributed by atoms with E-state index in [1.54, 1.807) is 7.11 Å². The summed E-state index contributed by atoms with van der Waals surface area (Å²) in [5.74, 6) is -0.275. The number of sulfonamides is 1. The van der Waals surface area contributed by atoms with Crippen molar-refractivity contribution in [2.75, 3.05) is 25.6 Å². The van der Waals surface area contributed by atoms with Crippen LogP contribution in [0.1, 0.15) is 54.1 Å². The molecule has 0 radical (unpaired) electrons. The summed E-state index contributed by atoms with van der Waals surface area (Å²) in [4.78, 5) is 29.1. The molecular weight excluding hydrogens is 492 g/mol. The van der Waals surface area contributed by atoms with E-state index in [0.29, 0.717) is 18.7 Å². The van der Waals surface area contributed by atoms with Gasteiger partial charge in [0.25, 0.3) is 5.91 Å². The highest BCUT2D eigenvalue weighted by Crippen LogP contribution is 2.47. The van der Waals surface area contributed by atoms with Gasteiger partial charge >= 0.3 is 0 Å². The Hall–Kier alpha value is -2.95. The SMILES string of the molecule is COC[C@@H]1Nc2ccccc2[C@H]2[C@H]1CCN2C(=O)[C@H]1CCCC[C@H]1NC(=O)c1ccc(S(N)(=O)=O)cc1. The summed E-state index contributed by atoms with van der Waals surface area (Å²) in [6.07, 6.45) is 4.23. The molecular formula is C27H34N4O5S. The van der Waals surface area contributed by atoms with Crippen LogP contribution in [0.5, 0.6) is 0 Å². The molecule has 0 spiro atoms. The molecule has 2 amide bonds. The Morgan fingerprint density at radius 3 is 2.54 bits per heavy atom. The van der Waals surface area contributed by atoms with Crippen molar-refractivity contribution in [2.24, 2.45) is 17.0 Å². The largest absolute Gasteiger partial charge is 0.383 e. The molecule has 9 nitrogen and oxygen atoms in total. The van der Waals surface area contributed by atoms with Crippen LogP contribution in [-0.2, 0) is 19.6 Å². The van der Waals surface area contributed by atoms with Crippen molar-refractivity contribution in [3.05, 3.63) is 59.7 Å². The number of para-hydroxylation sites is 1. The number of hydrogen-bond donors (Lipinski definition) is 3. The van der Waals surface area contributed by atoms with Crippen LogP contribution in [-0.4, -0.2) is 57.5 Å². The summed E-state index contributed by atoms with van der Waals surface area (Å²) in [5, 5.41) is 11.8. The van der Waals surface area contributed by atoms with Crippen molar-refractivity contribution in [3.8, 4) is 0 Å². The Morgan fingerprint density at radius 2 is 1.81 bits per heavy atom. The molecule has 2 aromatic carbocycles. The fraction of sp³-hybridized carbons (Fsp3) is 0.481. The Bertz CT molecular complexity index is 1270. The number of anilines is 1. The van der Waals surface area contributed by atoms with Gasteiger partial charge in [-0.3, -0.25) is 9.59 Å². The second-order valence-electron chi connectivity index (χ2n) is 10.3. The summed E-state index contributed by atoms with van der Waals surface area (Å²) in [6.45, 7) is 1.25. The van der Waals surface area contributed by atoms with Crippen molar-refractivity contribution >= 4 is 27.5 Å². The van der Waals surface area contributed by atoms with Gasteiger partial charge in [-0.2, -0.15) is 0 Å². The van der Waals surface area contributed by atoms with E-state index in [-0.39, 0.29) is 46.7 Å². The molecule has 0 aromatic heterocycles. The van der Waals surface area contributed by atoms with E-state index in [9.17, 15) is 18.0 Å².